The van der Waals surface area contributed by atoms with Crippen molar-refractivity contribution in [1.82, 2.24) is 0 Å². The van der Waals surface area contributed by atoms with Crippen LogP contribution in [0.25, 0.3) is 0 Å². The predicted octanol–water partition coefficient (Wildman–Crippen LogP) is 4.88. The van der Waals surface area contributed by atoms with E-state index in [-0.39, 0.29) is 12.0 Å². The zero-order valence-corrected chi connectivity index (χ0v) is 15.8. The molecular weight excluding hydrogens is 312 g/mol. The van der Waals surface area contributed by atoms with Crippen molar-refractivity contribution >= 4 is 17.3 Å². The van der Waals surface area contributed by atoms with Gasteiger partial charge in [-0.1, -0.05) is 0 Å². The van der Waals surface area contributed by atoms with Gasteiger partial charge in [-0.2, -0.15) is 0 Å². The maximum Gasteiger partial charge on any atom is 0.255 e. The third-order valence-corrected chi connectivity index (χ3v) is 4.08. The summed E-state index contributed by atoms with van der Waals surface area (Å²) in [7, 11) is 0. The van der Waals surface area contributed by atoms with Crippen LogP contribution in [0.3, 0.4) is 0 Å². The third-order valence-electron chi connectivity index (χ3n) is 4.08. The van der Waals surface area contributed by atoms with E-state index in [0.717, 1.165) is 35.8 Å². The summed E-state index contributed by atoms with van der Waals surface area (Å²) in [4.78, 5) is 14.7. The first-order valence-electron chi connectivity index (χ1n) is 8.88. The molecule has 1 N–H and O–H groups in total. The minimum atomic E-state index is -0.105. The third kappa shape index (κ3) is 4.99. The van der Waals surface area contributed by atoms with Crippen LogP contribution in [-0.4, -0.2) is 25.1 Å². The normalized spacial score (nSPS) is 10.6. The fourth-order valence-electron chi connectivity index (χ4n) is 2.73. The summed E-state index contributed by atoms with van der Waals surface area (Å²) >= 11 is 0. The lowest BCUT2D eigenvalue weighted by Crippen LogP contribution is -2.21. The highest BCUT2D eigenvalue weighted by molar-refractivity contribution is 6.04. The Hall–Kier alpha value is -2.49. The summed E-state index contributed by atoms with van der Waals surface area (Å²) in [6.45, 7) is 12.1. The number of hydrogen-bond acceptors (Lipinski definition) is 3. The van der Waals surface area contributed by atoms with Gasteiger partial charge in [-0.25, -0.2) is 0 Å². The van der Waals surface area contributed by atoms with Crippen LogP contribution in [0.1, 0.15) is 43.6 Å². The molecule has 0 fully saturated rings. The predicted molar refractivity (Wildman–Crippen MR) is 105 cm³/mol. The fourth-order valence-corrected chi connectivity index (χ4v) is 2.73. The van der Waals surface area contributed by atoms with Gasteiger partial charge < -0.3 is 15.0 Å². The lowest BCUT2D eigenvalue weighted by Gasteiger charge is -2.21. The van der Waals surface area contributed by atoms with Crippen LogP contribution in [0.5, 0.6) is 5.75 Å². The zero-order valence-electron chi connectivity index (χ0n) is 15.8. The van der Waals surface area contributed by atoms with Crippen LogP contribution >= 0.6 is 0 Å². The Morgan fingerprint density at radius 2 is 1.72 bits per heavy atom. The highest BCUT2D eigenvalue weighted by Crippen LogP contribution is 2.23. The number of anilines is 2. The highest BCUT2D eigenvalue weighted by atomic mass is 16.5. The lowest BCUT2D eigenvalue weighted by molar-refractivity contribution is 0.102. The van der Waals surface area contributed by atoms with Gasteiger partial charge in [0.1, 0.15) is 5.75 Å². The minimum Gasteiger partial charge on any atom is -0.491 e. The molecule has 2 aromatic carbocycles. The minimum absolute atomic E-state index is 0.105. The Labute approximate surface area is 150 Å². The van der Waals surface area contributed by atoms with Crippen molar-refractivity contribution in [2.24, 2.45) is 0 Å². The molecule has 0 aliphatic carbocycles. The summed E-state index contributed by atoms with van der Waals surface area (Å²) in [5.41, 5.74) is 3.56. The number of nitrogens with zero attached hydrogens (tertiary/aromatic N) is 1. The summed E-state index contributed by atoms with van der Waals surface area (Å²) < 4.78 is 5.68. The number of benzene rings is 2. The molecule has 1 amide bonds. The second-order valence-corrected chi connectivity index (χ2v) is 6.32. The summed E-state index contributed by atoms with van der Waals surface area (Å²) in [5.74, 6) is 0.709. The molecule has 0 aromatic heterocycles. The van der Waals surface area contributed by atoms with E-state index >= 15 is 0 Å². The van der Waals surface area contributed by atoms with E-state index in [1.807, 2.05) is 63.2 Å². The molecule has 0 radical (unpaired) electrons. The Morgan fingerprint density at radius 3 is 2.24 bits per heavy atom. The van der Waals surface area contributed by atoms with Gasteiger partial charge in [-0.3, -0.25) is 4.79 Å². The number of amides is 1. The molecule has 0 heterocycles. The molecule has 2 aromatic rings. The van der Waals surface area contributed by atoms with Crippen LogP contribution in [-0.2, 0) is 0 Å². The fraction of sp³-hybridized carbons (Fsp3) is 0.381. The molecule has 2 rings (SSSR count). The van der Waals surface area contributed by atoms with Crippen molar-refractivity contribution in [3.8, 4) is 5.75 Å². The highest BCUT2D eigenvalue weighted by Gasteiger charge is 2.10. The van der Waals surface area contributed by atoms with Crippen molar-refractivity contribution < 1.29 is 9.53 Å². The van der Waals surface area contributed by atoms with Gasteiger partial charge in [-0.15, -0.1) is 0 Å². The van der Waals surface area contributed by atoms with E-state index < -0.39 is 0 Å². The lowest BCUT2D eigenvalue weighted by atomic mass is 10.1. The van der Waals surface area contributed by atoms with Gasteiger partial charge in [0.15, 0.2) is 0 Å². The number of aryl methyl sites for hydroxylation is 1. The number of ether oxygens (including phenoxy) is 1. The largest absolute Gasteiger partial charge is 0.491 e. The summed E-state index contributed by atoms with van der Waals surface area (Å²) in [6, 6.07) is 13.4. The number of carbonyl (C=O) groups excluding carboxylic acids is 1. The van der Waals surface area contributed by atoms with Crippen molar-refractivity contribution in [1.29, 1.82) is 0 Å². The van der Waals surface area contributed by atoms with Gasteiger partial charge in [0.05, 0.1) is 6.10 Å². The van der Waals surface area contributed by atoms with E-state index in [4.69, 9.17) is 4.74 Å². The molecule has 0 saturated carbocycles. The molecule has 25 heavy (non-hydrogen) atoms. The number of nitrogens with one attached hydrogen (secondary N) is 1. The monoisotopic (exact) mass is 340 g/mol. The summed E-state index contributed by atoms with van der Waals surface area (Å²) in [6.07, 6.45) is 0.129. The smallest absolute Gasteiger partial charge is 0.255 e. The Bertz CT molecular complexity index is 704. The number of rotatable bonds is 7. The van der Waals surface area contributed by atoms with E-state index in [0.29, 0.717) is 5.56 Å². The first-order valence-corrected chi connectivity index (χ1v) is 8.88. The molecule has 0 atom stereocenters. The quantitative estimate of drug-likeness (QED) is 0.781. The number of hydrogen-bond donors (Lipinski definition) is 1. The van der Waals surface area contributed by atoms with Crippen LogP contribution in [0, 0.1) is 6.92 Å². The maximum atomic E-state index is 12.5. The van der Waals surface area contributed by atoms with Gasteiger partial charge in [0.25, 0.3) is 5.91 Å². The average Bonchev–Trinajstić information content (AvgIpc) is 2.58. The molecule has 0 spiro atoms. The van der Waals surface area contributed by atoms with Crippen LogP contribution < -0.4 is 15.0 Å². The molecule has 134 valence electrons. The average molecular weight is 340 g/mol. The first-order chi connectivity index (χ1) is 11.9. The molecule has 4 nitrogen and oxygen atoms in total. The van der Waals surface area contributed by atoms with E-state index in [1.54, 1.807) is 0 Å². The molecule has 0 aliphatic rings. The SMILES string of the molecule is CCN(CC)c1ccc(C(=O)Nc2ccc(OC(C)C)cc2C)cc1. The van der Waals surface area contributed by atoms with Crippen molar-refractivity contribution in [2.75, 3.05) is 23.3 Å². The second-order valence-electron chi connectivity index (χ2n) is 6.32. The van der Waals surface area contributed by atoms with Gasteiger partial charge >= 0.3 is 0 Å². The Kier molecular flexibility index (Phi) is 6.45. The summed E-state index contributed by atoms with van der Waals surface area (Å²) in [5, 5.41) is 2.98. The van der Waals surface area contributed by atoms with E-state index in [9.17, 15) is 4.79 Å². The Balaban J connectivity index is 2.09. The first kappa shape index (κ1) is 18.8. The molecule has 4 heteroatoms. The van der Waals surface area contributed by atoms with E-state index in [1.165, 1.54) is 0 Å². The molecule has 0 unspecified atom stereocenters. The van der Waals surface area contributed by atoms with Crippen LogP contribution in [0.2, 0.25) is 0 Å². The molecular formula is C21H28N2O2. The van der Waals surface area contributed by atoms with Crippen molar-refractivity contribution in [2.45, 2.75) is 40.7 Å². The van der Waals surface area contributed by atoms with Gasteiger partial charge in [0, 0.05) is 30.0 Å². The van der Waals surface area contributed by atoms with Crippen LogP contribution in [0.15, 0.2) is 42.5 Å². The molecule has 0 aliphatic heterocycles. The van der Waals surface area contributed by atoms with Gasteiger partial charge in [0.2, 0.25) is 0 Å². The second kappa shape index (κ2) is 8.56. The molecule has 0 bridgehead atoms. The Morgan fingerprint density at radius 1 is 1.08 bits per heavy atom. The number of carbonyl (C=O) groups is 1. The van der Waals surface area contributed by atoms with Crippen molar-refractivity contribution in [3.63, 3.8) is 0 Å². The van der Waals surface area contributed by atoms with Gasteiger partial charge in [-0.05, 0) is 82.6 Å². The standard InChI is InChI=1S/C21H28N2O2/c1-6-23(7-2)18-10-8-17(9-11-18)21(24)22-20-13-12-19(14-16(20)5)25-15(3)4/h8-15H,6-7H2,1-5H3,(H,22,24). The maximum absolute atomic E-state index is 12.5. The zero-order chi connectivity index (χ0) is 18.4. The molecule has 0 saturated heterocycles. The van der Waals surface area contributed by atoms with Crippen LogP contribution in [0.4, 0.5) is 11.4 Å². The topological polar surface area (TPSA) is 41.6 Å². The van der Waals surface area contributed by atoms with Crippen molar-refractivity contribution in [3.05, 3.63) is 53.6 Å². The van der Waals surface area contributed by atoms with E-state index in [2.05, 4.69) is 24.1 Å².